The number of benzene rings is 2. The lowest BCUT2D eigenvalue weighted by Crippen LogP contribution is -2.01. The van der Waals surface area contributed by atoms with Crippen LogP contribution in [0.3, 0.4) is 0 Å². The molecule has 0 amide bonds. The van der Waals surface area contributed by atoms with E-state index in [1.807, 2.05) is 54.7 Å². The van der Waals surface area contributed by atoms with Crippen molar-refractivity contribution in [1.82, 2.24) is 4.57 Å². The second-order valence-electron chi connectivity index (χ2n) is 5.67. The van der Waals surface area contributed by atoms with Crippen molar-refractivity contribution in [3.63, 3.8) is 0 Å². The van der Waals surface area contributed by atoms with E-state index in [9.17, 15) is 8.42 Å². The van der Waals surface area contributed by atoms with Crippen molar-refractivity contribution in [1.29, 1.82) is 0 Å². The highest BCUT2D eigenvalue weighted by molar-refractivity contribution is 7.90. The van der Waals surface area contributed by atoms with Crippen LogP contribution in [0.1, 0.15) is 5.56 Å². The Hall–Kier alpha value is -2.53. The summed E-state index contributed by atoms with van der Waals surface area (Å²) in [5.74, 6) is 0.836. The first kappa shape index (κ1) is 16.3. The first-order chi connectivity index (χ1) is 11.5. The van der Waals surface area contributed by atoms with Gasteiger partial charge in [-0.15, -0.1) is 0 Å². The minimum Gasteiger partial charge on any atom is -0.497 e. The molecule has 3 aromatic rings. The molecule has 0 unspecified atom stereocenters. The topological polar surface area (TPSA) is 48.3 Å². The van der Waals surface area contributed by atoms with Crippen molar-refractivity contribution in [3.05, 3.63) is 72.4 Å². The highest BCUT2D eigenvalue weighted by Crippen LogP contribution is 2.23. The lowest BCUT2D eigenvalue weighted by atomic mass is 10.1. The Morgan fingerprint density at radius 1 is 0.958 bits per heavy atom. The molecule has 0 aliphatic rings. The highest BCUT2D eigenvalue weighted by atomic mass is 32.2. The van der Waals surface area contributed by atoms with Gasteiger partial charge < -0.3 is 9.30 Å². The quantitative estimate of drug-likeness (QED) is 0.712. The SMILES string of the molecule is COc1ccc(Cn2cccc2-c2ccc(S(C)(=O)=O)cc2)cc1. The average Bonchev–Trinajstić information content (AvgIpc) is 3.03. The molecule has 5 heteroatoms. The summed E-state index contributed by atoms with van der Waals surface area (Å²) in [4.78, 5) is 0.333. The van der Waals surface area contributed by atoms with E-state index in [1.165, 1.54) is 11.8 Å². The van der Waals surface area contributed by atoms with Crippen LogP contribution in [0, 0.1) is 0 Å². The number of hydrogen-bond donors (Lipinski definition) is 0. The van der Waals surface area contributed by atoms with E-state index in [0.717, 1.165) is 23.6 Å². The summed E-state index contributed by atoms with van der Waals surface area (Å²) in [6.45, 7) is 0.736. The molecule has 0 N–H and O–H groups in total. The van der Waals surface area contributed by atoms with Gasteiger partial charge >= 0.3 is 0 Å². The van der Waals surface area contributed by atoms with Gasteiger partial charge in [-0.05, 0) is 47.5 Å². The van der Waals surface area contributed by atoms with Crippen LogP contribution in [0.25, 0.3) is 11.3 Å². The maximum absolute atomic E-state index is 11.6. The zero-order valence-corrected chi connectivity index (χ0v) is 14.5. The van der Waals surface area contributed by atoms with Crippen LogP contribution in [0.15, 0.2) is 71.8 Å². The number of nitrogens with zero attached hydrogens (tertiary/aromatic N) is 1. The molecule has 4 nitrogen and oxygen atoms in total. The molecule has 3 rings (SSSR count). The molecular weight excluding hydrogens is 322 g/mol. The number of methoxy groups -OCH3 is 1. The summed E-state index contributed by atoms with van der Waals surface area (Å²) >= 11 is 0. The average molecular weight is 341 g/mol. The molecule has 0 saturated carbocycles. The van der Waals surface area contributed by atoms with E-state index in [4.69, 9.17) is 4.74 Å². The van der Waals surface area contributed by atoms with E-state index >= 15 is 0 Å². The van der Waals surface area contributed by atoms with E-state index in [1.54, 1.807) is 19.2 Å². The Balaban J connectivity index is 1.87. The van der Waals surface area contributed by atoms with Gasteiger partial charge in [0.15, 0.2) is 9.84 Å². The maximum Gasteiger partial charge on any atom is 0.175 e. The van der Waals surface area contributed by atoms with Gasteiger partial charge in [-0.25, -0.2) is 8.42 Å². The normalized spacial score (nSPS) is 11.4. The molecule has 24 heavy (non-hydrogen) atoms. The number of aromatic nitrogens is 1. The fourth-order valence-electron chi connectivity index (χ4n) is 2.61. The van der Waals surface area contributed by atoms with Crippen LogP contribution >= 0.6 is 0 Å². The second kappa shape index (κ2) is 6.53. The molecule has 0 saturated heterocycles. The number of hydrogen-bond acceptors (Lipinski definition) is 3. The molecule has 0 aliphatic carbocycles. The number of ether oxygens (including phenoxy) is 1. The van der Waals surface area contributed by atoms with Gasteiger partial charge in [0, 0.05) is 24.7 Å². The van der Waals surface area contributed by atoms with E-state index in [2.05, 4.69) is 4.57 Å². The third-order valence-electron chi connectivity index (χ3n) is 3.92. The van der Waals surface area contributed by atoms with Crippen LogP contribution in [0.2, 0.25) is 0 Å². The zero-order valence-electron chi connectivity index (χ0n) is 13.6. The third-order valence-corrected chi connectivity index (χ3v) is 5.05. The Kier molecular flexibility index (Phi) is 4.44. The van der Waals surface area contributed by atoms with Crippen LogP contribution in [0.5, 0.6) is 5.75 Å². The minimum absolute atomic E-state index is 0.333. The molecule has 0 radical (unpaired) electrons. The molecule has 1 heterocycles. The molecule has 0 fully saturated rings. The summed E-state index contributed by atoms with van der Waals surface area (Å²) in [6, 6.07) is 19.0. The van der Waals surface area contributed by atoms with Crippen LogP contribution in [-0.4, -0.2) is 26.4 Å². The predicted molar refractivity (Wildman–Crippen MR) is 95.1 cm³/mol. The smallest absolute Gasteiger partial charge is 0.175 e. The monoisotopic (exact) mass is 341 g/mol. The molecule has 1 aromatic heterocycles. The zero-order chi connectivity index (χ0) is 17.2. The van der Waals surface area contributed by atoms with Crippen molar-refractivity contribution in [3.8, 4) is 17.0 Å². The summed E-state index contributed by atoms with van der Waals surface area (Å²) in [7, 11) is -1.52. The Bertz CT molecular complexity index is 924. The summed E-state index contributed by atoms with van der Waals surface area (Å²) in [5, 5.41) is 0. The predicted octanol–water partition coefficient (Wildman–Crippen LogP) is 3.62. The molecular formula is C19H19NO3S. The number of sulfone groups is 1. The lowest BCUT2D eigenvalue weighted by Gasteiger charge is -2.11. The van der Waals surface area contributed by atoms with Gasteiger partial charge in [-0.1, -0.05) is 24.3 Å². The van der Waals surface area contributed by atoms with Crippen LogP contribution in [-0.2, 0) is 16.4 Å². The first-order valence-electron chi connectivity index (χ1n) is 7.56. The molecule has 0 aliphatic heterocycles. The van der Waals surface area contributed by atoms with Crippen LogP contribution < -0.4 is 4.74 Å². The summed E-state index contributed by atoms with van der Waals surface area (Å²) < 4.78 is 30.5. The molecule has 124 valence electrons. The third kappa shape index (κ3) is 3.51. The van der Waals surface area contributed by atoms with Gasteiger partial charge in [0.1, 0.15) is 5.75 Å². The van der Waals surface area contributed by atoms with Gasteiger partial charge in [-0.3, -0.25) is 0 Å². The molecule has 0 spiro atoms. The minimum atomic E-state index is -3.17. The summed E-state index contributed by atoms with van der Waals surface area (Å²) in [6.07, 6.45) is 3.23. The van der Waals surface area contributed by atoms with E-state index < -0.39 is 9.84 Å². The fourth-order valence-corrected chi connectivity index (χ4v) is 3.25. The second-order valence-corrected chi connectivity index (χ2v) is 7.68. The highest BCUT2D eigenvalue weighted by Gasteiger charge is 2.09. The largest absolute Gasteiger partial charge is 0.497 e. The molecule has 2 aromatic carbocycles. The van der Waals surface area contributed by atoms with Gasteiger partial charge in [0.25, 0.3) is 0 Å². The van der Waals surface area contributed by atoms with Gasteiger partial charge in [0.2, 0.25) is 0 Å². The van der Waals surface area contributed by atoms with Crippen molar-refractivity contribution < 1.29 is 13.2 Å². The molecule has 0 bridgehead atoms. The molecule has 0 atom stereocenters. The van der Waals surface area contributed by atoms with E-state index in [-0.39, 0.29) is 0 Å². The van der Waals surface area contributed by atoms with Crippen molar-refractivity contribution in [2.75, 3.05) is 13.4 Å². The first-order valence-corrected chi connectivity index (χ1v) is 9.45. The van der Waals surface area contributed by atoms with E-state index in [0.29, 0.717) is 4.90 Å². The van der Waals surface area contributed by atoms with Crippen LogP contribution in [0.4, 0.5) is 0 Å². The Labute approximate surface area is 142 Å². The fraction of sp³-hybridized carbons (Fsp3) is 0.158. The Morgan fingerprint density at radius 3 is 2.21 bits per heavy atom. The summed E-state index contributed by atoms with van der Waals surface area (Å²) in [5.41, 5.74) is 3.20. The van der Waals surface area contributed by atoms with Crippen molar-refractivity contribution in [2.45, 2.75) is 11.4 Å². The van der Waals surface area contributed by atoms with Gasteiger partial charge in [-0.2, -0.15) is 0 Å². The van der Waals surface area contributed by atoms with Gasteiger partial charge in [0.05, 0.1) is 12.0 Å². The van der Waals surface area contributed by atoms with Crippen molar-refractivity contribution in [2.24, 2.45) is 0 Å². The lowest BCUT2D eigenvalue weighted by molar-refractivity contribution is 0.414. The number of rotatable bonds is 5. The standard InChI is InChI=1S/C19H19NO3S/c1-23-17-9-5-15(6-10-17)14-20-13-3-4-19(20)16-7-11-18(12-8-16)24(2,21)22/h3-13H,14H2,1-2H3. The maximum atomic E-state index is 11.6. The Morgan fingerprint density at radius 2 is 1.62 bits per heavy atom. The van der Waals surface area contributed by atoms with Crippen molar-refractivity contribution >= 4 is 9.84 Å².